The summed E-state index contributed by atoms with van der Waals surface area (Å²) in [6.07, 6.45) is 30.7. The Morgan fingerprint density at radius 2 is 1.12 bits per heavy atom. The molecule has 0 fully saturated rings. The standard InChI is InChI=1S/C23H44N2/c1-3-4-5-6-7-8-9-10-11-12-13-14-15-16-17-18-19-23(2)25-21-20-24-22-25/h20-23H,3-19H2,1-2H3/p+1. The third-order valence-electron chi connectivity index (χ3n) is 5.55. The van der Waals surface area contributed by atoms with Crippen LogP contribution in [0.4, 0.5) is 0 Å². The van der Waals surface area contributed by atoms with E-state index in [0.717, 1.165) is 0 Å². The van der Waals surface area contributed by atoms with Crippen molar-refractivity contribution in [2.24, 2.45) is 0 Å². The van der Waals surface area contributed by atoms with Crippen molar-refractivity contribution in [2.75, 3.05) is 0 Å². The molecule has 1 rings (SSSR count). The fourth-order valence-electron chi connectivity index (χ4n) is 3.71. The number of aromatic amines is 1. The maximum atomic E-state index is 3.13. The normalized spacial score (nSPS) is 12.6. The van der Waals surface area contributed by atoms with Crippen LogP contribution in [-0.2, 0) is 0 Å². The van der Waals surface area contributed by atoms with Crippen molar-refractivity contribution in [3.05, 3.63) is 18.7 Å². The van der Waals surface area contributed by atoms with Crippen LogP contribution in [0.5, 0.6) is 0 Å². The van der Waals surface area contributed by atoms with Gasteiger partial charge < -0.3 is 0 Å². The lowest BCUT2D eigenvalue weighted by Gasteiger charge is -2.07. The van der Waals surface area contributed by atoms with Gasteiger partial charge in [0, 0.05) is 0 Å². The SMILES string of the molecule is CCCCCCCCCCCCCCCCCCC(C)[n+]1cc[nH]c1. The summed E-state index contributed by atoms with van der Waals surface area (Å²) in [4.78, 5) is 3.13. The molecule has 1 unspecified atom stereocenters. The summed E-state index contributed by atoms with van der Waals surface area (Å²) in [5.41, 5.74) is 0. The van der Waals surface area contributed by atoms with E-state index in [9.17, 15) is 0 Å². The van der Waals surface area contributed by atoms with Gasteiger partial charge in [-0.2, -0.15) is 0 Å². The van der Waals surface area contributed by atoms with E-state index >= 15 is 0 Å². The monoisotopic (exact) mass is 349 g/mol. The maximum absolute atomic E-state index is 3.13. The molecule has 0 radical (unpaired) electrons. The topological polar surface area (TPSA) is 19.7 Å². The molecular weight excluding hydrogens is 304 g/mol. The van der Waals surface area contributed by atoms with E-state index in [1.807, 2.05) is 6.20 Å². The Labute approximate surface area is 157 Å². The Morgan fingerprint density at radius 3 is 1.52 bits per heavy atom. The Morgan fingerprint density at radius 1 is 0.680 bits per heavy atom. The fourth-order valence-corrected chi connectivity index (χ4v) is 3.71. The molecule has 0 bridgehead atoms. The van der Waals surface area contributed by atoms with Gasteiger partial charge in [-0.3, -0.25) is 4.98 Å². The third-order valence-corrected chi connectivity index (χ3v) is 5.55. The zero-order valence-corrected chi connectivity index (χ0v) is 17.3. The van der Waals surface area contributed by atoms with Crippen molar-refractivity contribution in [3.8, 4) is 0 Å². The number of rotatable bonds is 18. The number of hydrogen-bond acceptors (Lipinski definition) is 0. The number of nitrogens with zero attached hydrogens (tertiary/aromatic N) is 1. The zero-order valence-electron chi connectivity index (χ0n) is 17.3. The number of nitrogens with one attached hydrogen (secondary N) is 1. The lowest BCUT2D eigenvalue weighted by Crippen LogP contribution is -2.34. The maximum Gasteiger partial charge on any atom is 0.241 e. The van der Waals surface area contributed by atoms with Gasteiger partial charge in [0.1, 0.15) is 12.4 Å². The molecule has 146 valence electrons. The predicted octanol–water partition coefficient (Wildman–Crippen LogP) is 7.51. The van der Waals surface area contributed by atoms with Crippen LogP contribution in [0, 0.1) is 0 Å². The smallest absolute Gasteiger partial charge is 0.241 e. The van der Waals surface area contributed by atoms with E-state index in [2.05, 4.69) is 35.9 Å². The van der Waals surface area contributed by atoms with Crippen LogP contribution >= 0.6 is 0 Å². The van der Waals surface area contributed by atoms with Crippen molar-refractivity contribution in [3.63, 3.8) is 0 Å². The van der Waals surface area contributed by atoms with Gasteiger partial charge in [0.25, 0.3) is 0 Å². The largest absolute Gasteiger partial charge is 0.250 e. The molecule has 0 aliphatic heterocycles. The summed E-state index contributed by atoms with van der Waals surface area (Å²) >= 11 is 0. The number of imidazole rings is 1. The van der Waals surface area contributed by atoms with Crippen LogP contribution < -0.4 is 4.57 Å². The van der Waals surface area contributed by atoms with Gasteiger partial charge in [-0.05, 0) is 19.8 Å². The first-order valence-electron chi connectivity index (χ1n) is 11.4. The van der Waals surface area contributed by atoms with Crippen LogP contribution in [0.2, 0.25) is 0 Å². The quantitative estimate of drug-likeness (QED) is 0.209. The highest BCUT2D eigenvalue weighted by Crippen LogP contribution is 2.15. The van der Waals surface area contributed by atoms with Gasteiger partial charge in [0.05, 0.1) is 6.04 Å². The molecule has 1 aromatic rings. The molecule has 0 aliphatic rings. The molecule has 0 amide bonds. The van der Waals surface area contributed by atoms with E-state index in [4.69, 9.17) is 0 Å². The summed E-state index contributed by atoms with van der Waals surface area (Å²) < 4.78 is 2.28. The minimum absolute atomic E-state index is 0.637. The molecule has 1 atom stereocenters. The molecule has 1 N–H and O–H groups in total. The van der Waals surface area contributed by atoms with Crippen molar-refractivity contribution < 1.29 is 4.57 Å². The molecule has 0 spiro atoms. The Balaban J connectivity index is 1.72. The molecule has 2 nitrogen and oxygen atoms in total. The van der Waals surface area contributed by atoms with Crippen LogP contribution in [0.15, 0.2) is 18.7 Å². The summed E-state index contributed by atoms with van der Waals surface area (Å²) in [7, 11) is 0. The second-order valence-corrected chi connectivity index (χ2v) is 8.00. The molecular formula is C23H45N2+. The Bertz CT molecular complexity index is 358. The summed E-state index contributed by atoms with van der Waals surface area (Å²) in [5, 5.41) is 0. The first kappa shape index (κ1) is 22.3. The van der Waals surface area contributed by atoms with Crippen molar-refractivity contribution in [2.45, 2.75) is 129 Å². The Hall–Kier alpha value is -0.790. The van der Waals surface area contributed by atoms with Crippen molar-refractivity contribution in [1.29, 1.82) is 0 Å². The second kappa shape index (κ2) is 16.7. The van der Waals surface area contributed by atoms with E-state index in [-0.39, 0.29) is 0 Å². The van der Waals surface area contributed by atoms with Crippen LogP contribution in [0.1, 0.15) is 129 Å². The predicted molar refractivity (Wildman–Crippen MR) is 110 cm³/mol. The zero-order chi connectivity index (χ0) is 18.0. The molecule has 2 heteroatoms. The number of unbranched alkanes of at least 4 members (excludes halogenated alkanes) is 15. The second-order valence-electron chi connectivity index (χ2n) is 8.00. The van der Waals surface area contributed by atoms with Gasteiger partial charge in [0.15, 0.2) is 0 Å². The average molecular weight is 350 g/mol. The van der Waals surface area contributed by atoms with E-state index in [1.165, 1.54) is 109 Å². The molecule has 25 heavy (non-hydrogen) atoms. The van der Waals surface area contributed by atoms with Gasteiger partial charge in [-0.1, -0.05) is 103 Å². The van der Waals surface area contributed by atoms with Gasteiger partial charge in [0.2, 0.25) is 6.33 Å². The number of hydrogen-bond donors (Lipinski definition) is 1. The summed E-state index contributed by atoms with van der Waals surface area (Å²) in [5.74, 6) is 0. The molecule has 0 saturated heterocycles. The van der Waals surface area contributed by atoms with Crippen LogP contribution in [0.3, 0.4) is 0 Å². The minimum Gasteiger partial charge on any atom is -0.250 e. The first-order chi connectivity index (χ1) is 12.3. The molecule has 0 aliphatic carbocycles. The summed E-state index contributed by atoms with van der Waals surface area (Å²) in [6, 6.07) is 0.637. The lowest BCUT2D eigenvalue weighted by atomic mass is 10.0. The van der Waals surface area contributed by atoms with Gasteiger partial charge in [-0.25, -0.2) is 4.57 Å². The number of H-pyrrole nitrogens is 1. The van der Waals surface area contributed by atoms with Crippen molar-refractivity contribution >= 4 is 0 Å². The fraction of sp³-hybridized carbons (Fsp3) is 0.870. The van der Waals surface area contributed by atoms with E-state index < -0.39 is 0 Å². The molecule has 1 heterocycles. The molecule has 0 aromatic carbocycles. The van der Waals surface area contributed by atoms with Crippen molar-refractivity contribution in [1.82, 2.24) is 4.98 Å². The van der Waals surface area contributed by atoms with Gasteiger partial charge >= 0.3 is 0 Å². The molecule has 0 saturated carbocycles. The molecule has 1 aromatic heterocycles. The van der Waals surface area contributed by atoms with E-state index in [0.29, 0.717) is 6.04 Å². The van der Waals surface area contributed by atoms with Crippen LogP contribution in [-0.4, -0.2) is 4.98 Å². The highest BCUT2D eigenvalue weighted by Gasteiger charge is 2.07. The van der Waals surface area contributed by atoms with Gasteiger partial charge in [-0.15, -0.1) is 0 Å². The Kier molecular flexibility index (Phi) is 14.8. The lowest BCUT2D eigenvalue weighted by molar-refractivity contribution is -0.719. The number of aromatic nitrogens is 2. The highest BCUT2D eigenvalue weighted by atomic mass is 15.0. The summed E-state index contributed by atoms with van der Waals surface area (Å²) in [6.45, 7) is 4.61. The van der Waals surface area contributed by atoms with Crippen LogP contribution in [0.25, 0.3) is 0 Å². The third kappa shape index (κ3) is 13.1. The average Bonchev–Trinajstić information content (AvgIpc) is 3.16. The highest BCUT2D eigenvalue weighted by molar-refractivity contribution is 4.58. The van der Waals surface area contributed by atoms with E-state index in [1.54, 1.807) is 0 Å². The minimum atomic E-state index is 0.637. The first-order valence-corrected chi connectivity index (χ1v) is 11.4.